The van der Waals surface area contributed by atoms with Gasteiger partial charge in [0.05, 0.1) is 0 Å². The minimum absolute atomic E-state index is 0.0842. The Morgan fingerprint density at radius 3 is 2.70 bits per heavy atom. The lowest BCUT2D eigenvalue weighted by Crippen LogP contribution is -2.50. The number of halogens is 1. The first-order valence-electron chi connectivity index (χ1n) is 10.6. The van der Waals surface area contributed by atoms with Crippen LogP contribution in [0.15, 0.2) is 36.5 Å². The van der Waals surface area contributed by atoms with Gasteiger partial charge in [-0.25, -0.2) is 0 Å². The molecular weight excluding hydrogens is 404 g/mol. The summed E-state index contributed by atoms with van der Waals surface area (Å²) in [5.41, 5.74) is 0.463. The Labute approximate surface area is 181 Å². The van der Waals surface area contributed by atoms with Crippen LogP contribution in [0.5, 0.6) is 5.75 Å². The zero-order valence-electron chi connectivity index (χ0n) is 16.9. The zero-order valence-corrected chi connectivity index (χ0v) is 17.7. The maximum Gasteiger partial charge on any atom is 0.271 e. The van der Waals surface area contributed by atoms with Crippen molar-refractivity contribution in [1.82, 2.24) is 20.0 Å². The van der Waals surface area contributed by atoms with E-state index in [0.717, 1.165) is 25.9 Å². The first kappa shape index (κ1) is 20.7. The van der Waals surface area contributed by atoms with Crippen LogP contribution in [0.4, 0.5) is 0 Å². The van der Waals surface area contributed by atoms with Crippen LogP contribution in [0.25, 0.3) is 0 Å². The lowest BCUT2D eigenvalue weighted by Gasteiger charge is -2.39. The summed E-state index contributed by atoms with van der Waals surface area (Å²) in [4.78, 5) is 29.5. The molecule has 0 saturated carbocycles. The molecule has 0 spiro atoms. The topological polar surface area (TPSA) is 78.5 Å². The van der Waals surface area contributed by atoms with Crippen LogP contribution in [-0.4, -0.2) is 64.1 Å². The van der Waals surface area contributed by atoms with Crippen molar-refractivity contribution < 1.29 is 14.3 Å². The number of nitrogens with zero attached hydrogens (tertiary/aromatic N) is 3. The molecule has 2 aliphatic heterocycles. The number of aromatic amines is 1. The van der Waals surface area contributed by atoms with Gasteiger partial charge < -0.3 is 14.5 Å². The Balaban J connectivity index is 1.48. The Morgan fingerprint density at radius 2 is 1.97 bits per heavy atom. The van der Waals surface area contributed by atoms with Crippen LogP contribution in [0.2, 0.25) is 5.02 Å². The average Bonchev–Trinajstić information content (AvgIpc) is 3.30. The molecule has 1 aromatic heterocycles. The smallest absolute Gasteiger partial charge is 0.271 e. The first-order valence-corrected chi connectivity index (χ1v) is 11.0. The van der Waals surface area contributed by atoms with E-state index in [9.17, 15) is 9.59 Å². The second kappa shape index (κ2) is 9.51. The molecule has 2 aliphatic rings. The molecule has 0 radical (unpaired) electrons. The summed E-state index contributed by atoms with van der Waals surface area (Å²) in [5, 5.41) is 7.22. The number of amides is 2. The number of nitrogens with one attached hydrogen (secondary N) is 1. The van der Waals surface area contributed by atoms with E-state index in [-0.39, 0.29) is 23.8 Å². The highest BCUT2D eigenvalue weighted by Gasteiger charge is 2.36. The Kier molecular flexibility index (Phi) is 6.57. The summed E-state index contributed by atoms with van der Waals surface area (Å²) in [5.74, 6) is 0.662. The highest BCUT2D eigenvalue weighted by Crippen LogP contribution is 2.28. The normalized spacial score (nSPS) is 22.0. The molecule has 2 saturated heterocycles. The molecule has 2 fully saturated rings. The van der Waals surface area contributed by atoms with Crippen molar-refractivity contribution in [2.45, 2.75) is 38.2 Å². The van der Waals surface area contributed by atoms with E-state index in [1.165, 1.54) is 6.42 Å². The van der Waals surface area contributed by atoms with Crippen molar-refractivity contribution in [1.29, 1.82) is 0 Å². The van der Waals surface area contributed by atoms with E-state index in [2.05, 4.69) is 10.2 Å². The number of H-pyrrole nitrogens is 1. The van der Waals surface area contributed by atoms with E-state index in [0.29, 0.717) is 42.4 Å². The minimum atomic E-state index is -0.150. The highest BCUT2D eigenvalue weighted by molar-refractivity contribution is 6.30. The molecule has 8 heteroatoms. The van der Waals surface area contributed by atoms with E-state index in [1.54, 1.807) is 29.3 Å². The van der Waals surface area contributed by atoms with E-state index < -0.39 is 0 Å². The van der Waals surface area contributed by atoms with Crippen LogP contribution in [-0.2, 0) is 4.79 Å². The largest absolute Gasteiger partial charge is 0.490 e. The first-order chi connectivity index (χ1) is 14.6. The van der Waals surface area contributed by atoms with Gasteiger partial charge in [-0.1, -0.05) is 17.7 Å². The van der Waals surface area contributed by atoms with E-state index >= 15 is 0 Å². The number of likely N-dealkylation sites (tertiary alicyclic amines) is 2. The van der Waals surface area contributed by atoms with Gasteiger partial charge in [-0.05, 0) is 43.5 Å². The van der Waals surface area contributed by atoms with Crippen molar-refractivity contribution in [3.05, 3.63) is 47.2 Å². The summed E-state index contributed by atoms with van der Waals surface area (Å²) in [7, 11) is 0. The molecule has 0 unspecified atom stereocenters. The molecule has 0 bridgehead atoms. The molecule has 2 atom stereocenters. The molecule has 1 N–H and O–H groups in total. The van der Waals surface area contributed by atoms with Gasteiger partial charge in [-0.15, -0.1) is 0 Å². The quantitative estimate of drug-likeness (QED) is 0.788. The fourth-order valence-electron chi connectivity index (χ4n) is 4.30. The Bertz CT molecular complexity index is 867. The summed E-state index contributed by atoms with van der Waals surface area (Å²) in [6, 6.07) is 8.98. The standard InChI is InChI=1S/C22H27ClN4O3/c23-17-5-4-6-18(14-17)30-20-8-12-27(22(29)19-7-9-24-25-19)15-16(20)13-21(28)26-10-2-1-3-11-26/h4-7,9,14,16,20H,1-3,8,10-13,15H2,(H,24,25)/t16-,20-/m0/s1. The van der Waals surface area contributed by atoms with Gasteiger partial charge in [-0.2, -0.15) is 5.10 Å². The fraction of sp³-hybridized carbons (Fsp3) is 0.500. The van der Waals surface area contributed by atoms with Crippen LogP contribution >= 0.6 is 11.6 Å². The molecule has 7 nitrogen and oxygen atoms in total. The highest BCUT2D eigenvalue weighted by atomic mass is 35.5. The van der Waals surface area contributed by atoms with Gasteiger partial charge in [0.15, 0.2) is 0 Å². The summed E-state index contributed by atoms with van der Waals surface area (Å²) in [6.07, 6.45) is 5.75. The van der Waals surface area contributed by atoms with Crippen molar-refractivity contribution in [2.75, 3.05) is 26.2 Å². The number of benzene rings is 1. The molecule has 4 rings (SSSR count). The van der Waals surface area contributed by atoms with Crippen LogP contribution < -0.4 is 4.74 Å². The van der Waals surface area contributed by atoms with Gasteiger partial charge in [-0.3, -0.25) is 14.7 Å². The lowest BCUT2D eigenvalue weighted by atomic mass is 9.90. The van der Waals surface area contributed by atoms with Crippen LogP contribution in [0.3, 0.4) is 0 Å². The predicted octanol–water partition coefficient (Wildman–Crippen LogP) is 3.38. The third kappa shape index (κ3) is 4.95. The SMILES string of the molecule is O=C(C[C@H]1CN(C(=O)c2ccn[nH]2)CC[C@@H]1Oc1cccc(Cl)c1)N1CCCCC1. The molecule has 1 aromatic carbocycles. The maximum absolute atomic E-state index is 13.0. The zero-order chi connectivity index (χ0) is 20.9. The summed E-state index contributed by atoms with van der Waals surface area (Å²) >= 11 is 6.10. The van der Waals surface area contributed by atoms with Gasteiger partial charge in [0.2, 0.25) is 5.91 Å². The molecule has 3 heterocycles. The van der Waals surface area contributed by atoms with Crippen molar-refractivity contribution in [3.8, 4) is 5.75 Å². The number of hydrogen-bond donors (Lipinski definition) is 1. The molecule has 2 aromatic rings. The van der Waals surface area contributed by atoms with Crippen molar-refractivity contribution in [2.24, 2.45) is 5.92 Å². The van der Waals surface area contributed by atoms with Gasteiger partial charge in [0.1, 0.15) is 17.5 Å². The Hall–Kier alpha value is -2.54. The summed E-state index contributed by atoms with van der Waals surface area (Å²) in [6.45, 7) is 2.68. The monoisotopic (exact) mass is 430 g/mol. The number of aromatic nitrogens is 2. The summed E-state index contributed by atoms with van der Waals surface area (Å²) < 4.78 is 6.24. The number of piperidine rings is 2. The van der Waals surface area contributed by atoms with Crippen LogP contribution in [0, 0.1) is 5.92 Å². The number of rotatable bonds is 5. The van der Waals surface area contributed by atoms with E-state index in [4.69, 9.17) is 16.3 Å². The second-order valence-electron chi connectivity index (χ2n) is 8.03. The molecular formula is C22H27ClN4O3. The third-order valence-corrected chi connectivity index (χ3v) is 6.15. The van der Waals surface area contributed by atoms with Gasteiger partial charge >= 0.3 is 0 Å². The number of carbonyl (C=O) groups excluding carboxylic acids is 2. The minimum Gasteiger partial charge on any atom is -0.490 e. The number of ether oxygens (including phenoxy) is 1. The van der Waals surface area contributed by atoms with Crippen LogP contribution in [0.1, 0.15) is 42.6 Å². The van der Waals surface area contributed by atoms with Crippen molar-refractivity contribution in [3.63, 3.8) is 0 Å². The van der Waals surface area contributed by atoms with E-state index in [1.807, 2.05) is 17.0 Å². The number of carbonyl (C=O) groups is 2. The van der Waals surface area contributed by atoms with Crippen molar-refractivity contribution >= 4 is 23.4 Å². The second-order valence-corrected chi connectivity index (χ2v) is 8.47. The number of hydrogen-bond acceptors (Lipinski definition) is 4. The fourth-order valence-corrected chi connectivity index (χ4v) is 4.48. The molecule has 30 heavy (non-hydrogen) atoms. The average molecular weight is 431 g/mol. The molecule has 2 amide bonds. The lowest BCUT2D eigenvalue weighted by molar-refractivity contribution is -0.134. The predicted molar refractivity (Wildman–Crippen MR) is 114 cm³/mol. The maximum atomic E-state index is 13.0. The molecule has 0 aliphatic carbocycles. The third-order valence-electron chi connectivity index (χ3n) is 5.91. The Morgan fingerprint density at radius 1 is 1.13 bits per heavy atom. The van der Waals surface area contributed by atoms with Gasteiger partial charge in [0.25, 0.3) is 5.91 Å². The van der Waals surface area contributed by atoms with Gasteiger partial charge in [0, 0.05) is 56.2 Å². The molecule has 160 valence electrons.